The highest BCUT2D eigenvalue weighted by molar-refractivity contribution is 7.80. The van der Waals surface area contributed by atoms with E-state index in [-0.39, 0.29) is 18.1 Å². The van der Waals surface area contributed by atoms with Crippen LogP contribution >= 0.6 is 12.6 Å². The molecule has 0 fully saturated rings. The molecular formula is C17H28N4O9S. The third-order valence-corrected chi connectivity index (χ3v) is 4.25. The highest BCUT2D eigenvalue weighted by atomic mass is 32.1. The lowest BCUT2D eigenvalue weighted by Crippen LogP contribution is -2.58. The normalized spacial score (nSPS) is 14.6. The van der Waals surface area contributed by atoms with Gasteiger partial charge in [0.25, 0.3) is 0 Å². The molecule has 31 heavy (non-hydrogen) atoms. The molecule has 0 radical (unpaired) electrons. The molecule has 14 heteroatoms. The molecule has 0 saturated carbocycles. The van der Waals surface area contributed by atoms with Gasteiger partial charge in [-0.2, -0.15) is 12.6 Å². The number of hydrogen-bond donors (Lipinski definition) is 8. The Bertz CT molecular complexity index is 701. The molecule has 0 heterocycles. The fourth-order valence-corrected chi connectivity index (χ4v) is 2.62. The Morgan fingerprint density at radius 1 is 0.774 bits per heavy atom. The zero-order chi connectivity index (χ0) is 24.3. The lowest BCUT2D eigenvalue weighted by Gasteiger charge is -2.25. The van der Waals surface area contributed by atoms with Crippen LogP contribution in [0.25, 0.3) is 0 Å². The lowest BCUT2D eigenvalue weighted by atomic mass is 10.0. The van der Waals surface area contributed by atoms with Crippen LogP contribution < -0.4 is 21.7 Å². The molecule has 0 spiro atoms. The fourth-order valence-electron chi connectivity index (χ4n) is 2.38. The molecule has 0 saturated heterocycles. The van der Waals surface area contributed by atoms with E-state index in [1.807, 2.05) is 0 Å². The Morgan fingerprint density at radius 3 is 1.65 bits per heavy atom. The Balaban J connectivity index is 5.45. The van der Waals surface area contributed by atoms with Crippen LogP contribution in [0.5, 0.6) is 0 Å². The van der Waals surface area contributed by atoms with E-state index in [1.165, 1.54) is 0 Å². The van der Waals surface area contributed by atoms with Gasteiger partial charge in [-0.05, 0) is 12.3 Å². The van der Waals surface area contributed by atoms with E-state index in [0.717, 1.165) is 0 Å². The van der Waals surface area contributed by atoms with Gasteiger partial charge < -0.3 is 37.0 Å². The summed E-state index contributed by atoms with van der Waals surface area (Å²) < 4.78 is 0. The molecule has 4 atom stereocenters. The van der Waals surface area contributed by atoms with Gasteiger partial charge >= 0.3 is 17.9 Å². The van der Waals surface area contributed by atoms with Gasteiger partial charge in [-0.3, -0.25) is 24.0 Å². The third-order valence-electron chi connectivity index (χ3n) is 3.88. The summed E-state index contributed by atoms with van der Waals surface area (Å²) in [5, 5.41) is 33.3. The van der Waals surface area contributed by atoms with Crippen molar-refractivity contribution in [1.29, 1.82) is 0 Å². The van der Waals surface area contributed by atoms with Gasteiger partial charge in [0, 0.05) is 5.75 Å². The van der Waals surface area contributed by atoms with Gasteiger partial charge in [0.2, 0.25) is 17.7 Å². The molecule has 0 rings (SSSR count). The molecule has 0 aliphatic heterocycles. The minimum Gasteiger partial charge on any atom is -0.481 e. The maximum Gasteiger partial charge on any atom is 0.327 e. The van der Waals surface area contributed by atoms with Gasteiger partial charge in [0.1, 0.15) is 18.1 Å². The van der Waals surface area contributed by atoms with Crippen LogP contribution in [0.4, 0.5) is 0 Å². The van der Waals surface area contributed by atoms with Crippen LogP contribution in [0.2, 0.25) is 0 Å². The van der Waals surface area contributed by atoms with E-state index in [2.05, 4.69) is 28.6 Å². The van der Waals surface area contributed by atoms with Crippen molar-refractivity contribution in [3.8, 4) is 0 Å². The van der Waals surface area contributed by atoms with Crippen molar-refractivity contribution >= 4 is 48.3 Å². The van der Waals surface area contributed by atoms with Crippen LogP contribution in [-0.2, 0) is 28.8 Å². The second-order valence-electron chi connectivity index (χ2n) is 7.14. The molecule has 0 aromatic carbocycles. The highest BCUT2D eigenvalue weighted by Gasteiger charge is 2.31. The lowest BCUT2D eigenvalue weighted by molar-refractivity contribution is -0.143. The molecule has 8 N–H and O–H groups in total. The van der Waals surface area contributed by atoms with Crippen molar-refractivity contribution in [3.05, 3.63) is 0 Å². The summed E-state index contributed by atoms with van der Waals surface area (Å²) in [6, 6.07) is -5.71. The molecule has 0 bridgehead atoms. The first-order chi connectivity index (χ1) is 14.3. The predicted molar refractivity (Wildman–Crippen MR) is 109 cm³/mol. The summed E-state index contributed by atoms with van der Waals surface area (Å²) in [6.45, 7) is 3.47. The summed E-state index contributed by atoms with van der Waals surface area (Å²) in [7, 11) is 0. The van der Waals surface area contributed by atoms with E-state index >= 15 is 0 Å². The number of rotatable bonds is 14. The molecular weight excluding hydrogens is 436 g/mol. The van der Waals surface area contributed by atoms with Crippen LogP contribution in [0.1, 0.15) is 33.1 Å². The van der Waals surface area contributed by atoms with Gasteiger partial charge in [-0.25, -0.2) is 4.79 Å². The highest BCUT2D eigenvalue weighted by Crippen LogP contribution is 2.07. The summed E-state index contributed by atoms with van der Waals surface area (Å²) in [6.07, 6.45) is -1.52. The number of carboxylic acid groups (broad SMARTS) is 3. The number of nitrogens with two attached hydrogens (primary N) is 1. The number of carbonyl (C=O) groups excluding carboxylic acids is 3. The van der Waals surface area contributed by atoms with Crippen LogP contribution in [0.15, 0.2) is 0 Å². The topological polar surface area (TPSA) is 225 Å². The fraction of sp³-hybridized carbons (Fsp3) is 0.647. The van der Waals surface area contributed by atoms with Crippen LogP contribution in [-0.4, -0.2) is 80.9 Å². The Hall–Kier alpha value is -2.87. The minimum atomic E-state index is -1.65. The van der Waals surface area contributed by atoms with Gasteiger partial charge in [-0.1, -0.05) is 13.8 Å². The minimum absolute atomic E-state index is 0.0861. The van der Waals surface area contributed by atoms with E-state index < -0.39 is 72.6 Å². The maximum absolute atomic E-state index is 12.6. The molecule has 4 unspecified atom stereocenters. The first-order valence-corrected chi connectivity index (χ1v) is 9.85. The number of hydrogen-bond acceptors (Lipinski definition) is 8. The quantitative estimate of drug-likeness (QED) is 0.129. The van der Waals surface area contributed by atoms with Gasteiger partial charge in [-0.15, -0.1) is 0 Å². The largest absolute Gasteiger partial charge is 0.481 e. The summed E-state index contributed by atoms with van der Waals surface area (Å²) in [5.74, 6) is -7.39. The molecule has 13 nitrogen and oxygen atoms in total. The van der Waals surface area contributed by atoms with Gasteiger partial charge in [0.15, 0.2) is 0 Å². The summed E-state index contributed by atoms with van der Waals surface area (Å²) in [5.41, 5.74) is 5.41. The summed E-state index contributed by atoms with van der Waals surface area (Å²) in [4.78, 5) is 69.9. The zero-order valence-electron chi connectivity index (χ0n) is 17.0. The first-order valence-electron chi connectivity index (χ1n) is 9.22. The second kappa shape index (κ2) is 13.4. The van der Waals surface area contributed by atoms with Crippen molar-refractivity contribution in [1.82, 2.24) is 16.0 Å². The third kappa shape index (κ3) is 11.2. The van der Waals surface area contributed by atoms with Crippen LogP contribution in [0, 0.1) is 5.92 Å². The number of thiol groups is 1. The molecule has 0 aromatic rings. The average molecular weight is 464 g/mol. The number of nitrogens with one attached hydrogen (secondary N) is 3. The molecule has 176 valence electrons. The van der Waals surface area contributed by atoms with Crippen LogP contribution in [0.3, 0.4) is 0 Å². The van der Waals surface area contributed by atoms with Crippen molar-refractivity contribution in [2.75, 3.05) is 5.75 Å². The molecule has 0 aliphatic carbocycles. The SMILES string of the molecule is CC(C)CC(NC(=O)C(CC(=O)O)NC(=O)C(N)CC(=O)O)C(=O)NC(CS)C(=O)O. The molecule has 0 aliphatic rings. The van der Waals surface area contributed by atoms with Crippen molar-refractivity contribution in [3.63, 3.8) is 0 Å². The number of amides is 3. The standard InChI is InChI=1S/C17H28N4O9S/c1-7(2)3-9(15(27)21-11(6-31)17(29)30)20-16(28)10(5-13(24)25)19-14(26)8(18)4-12(22)23/h7-11,31H,3-6,18H2,1-2H3,(H,19,26)(H,20,28)(H,21,27)(H,22,23)(H,24,25)(H,29,30). The van der Waals surface area contributed by atoms with Crippen molar-refractivity contribution < 1.29 is 44.1 Å². The number of carbonyl (C=O) groups is 6. The van der Waals surface area contributed by atoms with Crippen molar-refractivity contribution in [2.45, 2.75) is 57.3 Å². The van der Waals surface area contributed by atoms with E-state index in [1.54, 1.807) is 13.8 Å². The second-order valence-corrected chi connectivity index (χ2v) is 7.50. The van der Waals surface area contributed by atoms with E-state index in [4.69, 9.17) is 21.1 Å². The monoisotopic (exact) mass is 464 g/mol. The Labute approximate surface area is 183 Å². The van der Waals surface area contributed by atoms with E-state index in [9.17, 15) is 28.8 Å². The van der Waals surface area contributed by atoms with E-state index in [0.29, 0.717) is 0 Å². The Morgan fingerprint density at radius 2 is 1.23 bits per heavy atom. The molecule has 3 amide bonds. The predicted octanol–water partition coefficient (Wildman–Crippen LogP) is -2.22. The van der Waals surface area contributed by atoms with Crippen molar-refractivity contribution in [2.24, 2.45) is 11.7 Å². The number of carboxylic acids is 3. The first kappa shape index (κ1) is 28.1. The number of aliphatic carboxylic acids is 3. The smallest absolute Gasteiger partial charge is 0.327 e. The van der Waals surface area contributed by atoms with Gasteiger partial charge in [0.05, 0.1) is 18.9 Å². The Kier molecular flexibility index (Phi) is 12.2. The molecule has 0 aromatic heterocycles. The average Bonchev–Trinajstić information content (AvgIpc) is 2.62. The maximum atomic E-state index is 12.6. The zero-order valence-corrected chi connectivity index (χ0v) is 17.9. The summed E-state index contributed by atoms with van der Waals surface area (Å²) >= 11 is 3.84.